The van der Waals surface area contributed by atoms with E-state index in [-0.39, 0.29) is 13.2 Å². The van der Waals surface area contributed by atoms with E-state index >= 15 is 0 Å². The zero-order valence-electron chi connectivity index (χ0n) is 21.5. The van der Waals surface area contributed by atoms with Gasteiger partial charge in [-0.3, -0.25) is 25.0 Å². The van der Waals surface area contributed by atoms with Gasteiger partial charge in [-0.15, -0.1) is 0 Å². The second-order valence-electron chi connectivity index (χ2n) is 10.5. The number of rotatable bonds is 8. The molecule has 1 amide bonds. The summed E-state index contributed by atoms with van der Waals surface area (Å²) in [6, 6.07) is 6.94. The van der Waals surface area contributed by atoms with Gasteiger partial charge in [0.1, 0.15) is 23.8 Å². The maximum atomic E-state index is 14.0. The summed E-state index contributed by atoms with van der Waals surface area (Å²) in [6.07, 6.45) is 6.13. The molecule has 1 saturated carbocycles. The summed E-state index contributed by atoms with van der Waals surface area (Å²) in [4.78, 5) is 41.2. The molecule has 8 heteroatoms. The monoisotopic (exact) mass is 488 g/mol. The highest BCUT2D eigenvalue weighted by atomic mass is 16.6. The predicted octanol–water partition coefficient (Wildman–Crippen LogP) is 4.19. The molecular weight excluding hydrogens is 448 g/mol. The first-order valence-corrected chi connectivity index (χ1v) is 12.8. The Labute approximate surface area is 208 Å². The number of fused-ring (bicyclic) bond motifs is 1. The molecule has 1 fully saturated rings. The molecule has 35 heavy (non-hydrogen) atoms. The first-order valence-electron chi connectivity index (χ1n) is 12.8. The number of benzene rings is 1. The Bertz CT molecular complexity index is 890. The minimum Gasteiger partial charge on any atom is -0.473 e. The molecular formula is C27H40N2O6. The molecule has 0 spiro atoms. The van der Waals surface area contributed by atoms with Crippen LogP contribution in [0.2, 0.25) is 0 Å². The average Bonchev–Trinajstić information content (AvgIpc) is 2.89. The normalized spacial score (nSPS) is 22.0. The molecule has 2 aliphatic rings. The molecule has 1 aromatic rings. The maximum Gasteiger partial charge on any atom is 0.326 e. The van der Waals surface area contributed by atoms with Crippen molar-refractivity contribution in [3.8, 4) is 5.75 Å². The first kappa shape index (κ1) is 27.0. The summed E-state index contributed by atoms with van der Waals surface area (Å²) < 4.78 is 16.9. The molecule has 0 saturated heterocycles. The predicted molar refractivity (Wildman–Crippen MR) is 133 cm³/mol. The molecule has 1 heterocycles. The summed E-state index contributed by atoms with van der Waals surface area (Å²) in [5.74, 6) is -2.30. The van der Waals surface area contributed by atoms with Crippen LogP contribution in [0.25, 0.3) is 0 Å². The summed E-state index contributed by atoms with van der Waals surface area (Å²) in [5, 5.41) is 0. The van der Waals surface area contributed by atoms with Gasteiger partial charge in [-0.1, -0.05) is 44.2 Å². The van der Waals surface area contributed by atoms with Gasteiger partial charge >= 0.3 is 11.9 Å². The first-order chi connectivity index (χ1) is 16.6. The van der Waals surface area contributed by atoms with Gasteiger partial charge in [-0.05, 0) is 58.6 Å². The highest BCUT2D eigenvalue weighted by Crippen LogP contribution is 2.38. The van der Waals surface area contributed by atoms with E-state index < -0.39 is 41.5 Å². The number of esters is 2. The Kier molecular flexibility index (Phi) is 9.16. The van der Waals surface area contributed by atoms with Crippen molar-refractivity contribution in [1.82, 2.24) is 0 Å². The van der Waals surface area contributed by atoms with Crippen molar-refractivity contribution in [3.05, 3.63) is 24.3 Å². The smallest absolute Gasteiger partial charge is 0.326 e. The zero-order valence-corrected chi connectivity index (χ0v) is 21.5. The molecule has 1 aromatic carbocycles. The second kappa shape index (κ2) is 11.9. The standard InChI is InChI=1S/C27H40N2O6/c1-5-33-26(32)19(16-15-18-11-7-6-8-12-18)23-24(28)34-21-14-10-9-13-20(21)29(25(23)31)17-22(30)35-27(2,3)4/h9-10,13-14,18-19,23-24H,5-8,11-12,15-17,28H2,1-4H3/t19?,23-,24?/m0/s1. The lowest BCUT2D eigenvalue weighted by Gasteiger charge is -2.31. The minimum absolute atomic E-state index is 0.206. The van der Waals surface area contributed by atoms with Gasteiger partial charge in [0.05, 0.1) is 18.2 Å². The summed E-state index contributed by atoms with van der Waals surface area (Å²) in [7, 11) is 0. The Morgan fingerprint density at radius 1 is 1.17 bits per heavy atom. The van der Waals surface area contributed by atoms with E-state index in [0.29, 0.717) is 23.8 Å². The number of nitrogens with zero attached hydrogens (tertiary/aromatic N) is 1. The topological polar surface area (TPSA) is 108 Å². The maximum absolute atomic E-state index is 14.0. The summed E-state index contributed by atoms with van der Waals surface area (Å²) in [6.45, 7) is 6.95. The van der Waals surface area contributed by atoms with Crippen molar-refractivity contribution in [2.45, 2.75) is 84.5 Å². The molecule has 1 aliphatic carbocycles. The fourth-order valence-electron chi connectivity index (χ4n) is 5.09. The number of amides is 1. The van der Waals surface area contributed by atoms with Crippen molar-refractivity contribution in [1.29, 1.82) is 0 Å². The Morgan fingerprint density at radius 3 is 2.51 bits per heavy atom. The lowest BCUT2D eigenvalue weighted by atomic mass is 9.80. The number of ether oxygens (including phenoxy) is 3. The van der Waals surface area contributed by atoms with E-state index in [4.69, 9.17) is 19.9 Å². The third-order valence-corrected chi connectivity index (χ3v) is 6.66. The fraction of sp³-hybridized carbons (Fsp3) is 0.667. The number of para-hydroxylation sites is 2. The van der Waals surface area contributed by atoms with Gasteiger partial charge in [-0.2, -0.15) is 0 Å². The third-order valence-electron chi connectivity index (χ3n) is 6.66. The Hall–Kier alpha value is -2.61. The van der Waals surface area contributed by atoms with Gasteiger partial charge < -0.3 is 14.2 Å². The number of carbonyl (C=O) groups excluding carboxylic acids is 3. The van der Waals surface area contributed by atoms with Crippen LogP contribution < -0.4 is 15.4 Å². The van der Waals surface area contributed by atoms with Crippen LogP contribution in [0, 0.1) is 17.8 Å². The quantitative estimate of drug-likeness (QED) is 0.547. The number of hydrogen-bond donors (Lipinski definition) is 1. The van der Waals surface area contributed by atoms with E-state index in [9.17, 15) is 14.4 Å². The SMILES string of the molecule is CCOC(=O)C(CCC1CCCCC1)[C@@H]1C(=O)N(CC(=O)OC(C)(C)C)c2ccccc2OC1N. The van der Waals surface area contributed by atoms with Crippen LogP contribution in [0.3, 0.4) is 0 Å². The van der Waals surface area contributed by atoms with Crippen LogP contribution in [0.15, 0.2) is 24.3 Å². The van der Waals surface area contributed by atoms with Gasteiger partial charge in [0.25, 0.3) is 0 Å². The number of nitrogens with two attached hydrogens (primary N) is 1. The number of carbonyl (C=O) groups is 3. The van der Waals surface area contributed by atoms with E-state index in [1.54, 1.807) is 52.0 Å². The van der Waals surface area contributed by atoms with Gasteiger partial charge in [0.2, 0.25) is 5.91 Å². The highest BCUT2D eigenvalue weighted by molar-refractivity contribution is 6.02. The summed E-state index contributed by atoms with van der Waals surface area (Å²) in [5.41, 5.74) is 6.15. The molecule has 2 unspecified atom stereocenters. The van der Waals surface area contributed by atoms with Crippen LogP contribution in [-0.2, 0) is 23.9 Å². The molecule has 0 radical (unpaired) electrons. The van der Waals surface area contributed by atoms with Gasteiger partial charge in [0, 0.05) is 0 Å². The minimum atomic E-state index is -1.06. The van der Waals surface area contributed by atoms with Crippen LogP contribution in [0.4, 0.5) is 5.69 Å². The second-order valence-corrected chi connectivity index (χ2v) is 10.5. The molecule has 3 atom stereocenters. The van der Waals surface area contributed by atoms with Crippen molar-refractivity contribution >= 4 is 23.5 Å². The largest absolute Gasteiger partial charge is 0.473 e. The van der Waals surface area contributed by atoms with E-state index in [1.807, 2.05) is 0 Å². The summed E-state index contributed by atoms with van der Waals surface area (Å²) >= 11 is 0. The lowest BCUT2D eigenvalue weighted by molar-refractivity contribution is -0.155. The Morgan fingerprint density at radius 2 is 1.86 bits per heavy atom. The van der Waals surface area contributed by atoms with Crippen molar-refractivity contribution in [2.24, 2.45) is 23.5 Å². The van der Waals surface area contributed by atoms with Crippen LogP contribution >= 0.6 is 0 Å². The third kappa shape index (κ3) is 7.19. The van der Waals surface area contributed by atoms with Gasteiger partial charge in [-0.25, -0.2) is 0 Å². The average molecular weight is 489 g/mol. The molecule has 0 aromatic heterocycles. The zero-order chi connectivity index (χ0) is 25.6. The molecule has 3 rings (SSSR count). The van der Waals surface area contributed by atoms with E-state index in [2.05, 4.69) is 0 Å². The lowest BCUT2D eigenvalue weighted by Crippen LogP contribution is -2.51. The molecule has 194 valence electrons. The van der Waals surface area contributed by atoms with Crippen LogP contribution in [0.1, 0.15) is 72.6 Å². The Balaban J connectivity index is 1.91. The van der Waals surface area contributed by atoms with Crippen LogP contribution in [-0.4, -0.2) is 42.8 Å². The number of anilines is 1. The van der Waals surface area contributed by atoms with E-state index in [0.717, 1.165) is 19.3 Å². The highest BCUT2D eigenvalue weighted by Gasteiger charge is 2.45. The van der Waals surface area contributed by atoms with Crippen molar-refractivity contribution in [3.63, 3.8) is 0 Å². The van der Waals surface area contributed by atoms with Crippen LogP contribution in [0.5, 0.6) is 5.75 Å². The molecule has 0 bridgehead atoms. The molecule has 8 nitrogen and oxygen atoms in total. The number of hydrogen-bond acceptors (Lipinski definition) is 7. The van der Waals surface area contributed by atoms with Crippen molar-refractivity contribution < 1.29 is 28.6 Å². The van der Waals surface area contributed by atoms with E-state index in [1.165, 1.54) is 24.2 Å². The molecule has 1 aliphatic heterocycles. The fourth-order valence-corrected chi connectivity index (χ4v) is 5.09. The van der Waals surface area contributed by atoms with Gasteiger partial charge in [0.15, 0.2) is 6.23 Å². The van der Waals surface area contributed by atoms with Crippen molar-refractivity contribution in [2.75, 3.05) is 18.1 Å². The molecule has 2 N–H and O–H groups in total.